The Hall–Kier alpha value is -2.55. The molecular formula is C15H17F3N4O4S. The fourth-order valence-corrected chi connectivity index (χ4v) is 3.39. The molecule has 1 aromatic carbocycles. The molecule has 0 aliphatic carbocycles. The van der Waals surface area contributed by atoms with Gasteiger partial charge < -0.3 is 5.32 Å². The fourth-order valence-electron chi connectivity index (χ4n) is 2.35. The smallest absolute Gasteiger partial charge is 0.371 e. The second-order valence-corrected chi connectivity index (χ2v) is 6.53. The Bertz CT molecular complexity index is 761. The van der Waals surface area contributed by atoms with Crippen molar-refractivity contribution in [1.82, 2.24) is 0 Å². The van der Waals surface area contributed by atoms with Crippen molar-refractivity contribution in [2.45, 2.75) is 50.2 Å². The number of anilines is 1. The molecule has 1 aromatic rings. The Labute approximate surface area is 157 Å². The Morgan fingerprint density at radius 2 is 1.85 bits per heavy atom. The summed E-state index contributed by atoms with van der Waals surface area (Å²) in [6.45, 7) is 3.48. The molecule has 1 rings (SSSR count). The van der Waals surface area contributed by atoms with Crippen molar-refractivity contribution in [1.29, 1.82) is 5.26 Å². The van der Waals surface area contributed by atoms with Gasteiger partial charge in [-0.3, -0.25) is 20.2 Å². The third-order valence-corrected chi connectivity index (χ3v) is 4.82. The molecule has 0 aliphatic heterocycles. The standard InChI is InChI=1S/C15H17F3N4O4S/c1-3-9(4-2)20-12-11(21(23)24)8-10(15(16,17)18)14(13(12)22(25)26)27-7-5-6-19/h8-9,20H,3-5,7H2,1-2H3. The summed E-state index contributed by atoms with van der Waals surface area (Å²) >= 11 is 0.484. The van der Waals surface area contributed by atoms with Gasteiger partial charge in [-0.25, -0.2) is 0 Å². The highest BCUT2D eigenvalue weighted by Gasteiger charge is 2.42. The highest BCUT2D eigenvalue weighted by molar-refractivity contribution is 7.99. The van der Waals surface area contributed by atoms with Gasteiger partial charge in [0.05, 0.1) is 21.5 Å². The van der Waals surface area contributed by atoms with Gasteiger partial charge in [0, 0.05) is 24.3 Å². The van der Waals surface area contributed by atoms with E-state index in [-0.39, 0.29) is 12.2 Å². The summed E-state index contributed by atoms with van der Waals surface area (Å²) in [6.07, 6.45) is -4.24. The molecule has 8 nitrogen and oxygen atoms in total. The quantitative estimate of drug-likeness (QED) is 0.261. The van der Waals surface area contributed by atoms with Crippen LogP contribution in [-0.4, -0.2) is 21.6 Å². The van der Waals surface area contributed by atoms with E-state index in [0.29, 0.717) is 30.7 Å². The predicted molar refractivity (Wildman–Crippen MR) is 93.7 cm³/mol. The van der Waals surface area contributed by atoms with Crippen molar-refractivity contribution >= 4 is 28.8 Å². The van der Waals surface area contributed by atoms with Crippen molar-refractivity contribution in [3.8, 4) is 6.07 Å². The molecule has 0 aliphatic rings. The number of nitriles is 1. The molecule has 0 atom stereocenters. The van der Waals surface area contributed by atoms with E-state index in [0.717, 1.165) is 0 Å². The van der Waals surface area contributed by atoms with Crippen LogP contribution in [0.4, 0.5) is 30.2 Å². The van der Waals surface area contributed by atoms with Crippen LogP contribution in [-0.2, 0) is 6.18 Å². The highest BCUT2D eigenvalue weighted by Crippen LogP contribution is 2.49. The van der Waals surface area contributed by atoms with Crippen LogP contribution in [0.1, 0.15) is 38.7 Å². The number of nitro groups is 2. The maximum atomic E-state index is 13.4. The number of benzene rings is 1. The zero-order valence-corrected chi connectivity index (χ0v) is 15.3. The zero-order chi connectivity index (χ0) is 20.8. The topological polar surface area (TPSA) is 122 Å². The van der Waals surface area contributed by atoms with Crippen LogP contribution in [0.2, 0.25) is 0 Å². The van der Waals surface area contributed by atoms with Gasteiger partial charge in [0.1, 0.15) is 4.90 Å². The average Bonchev–Trinajstić information content (AvgIpc) is 2.57. The molecule has 0 saturated carbocycles. The monoisotopic (exact) mass is 406 g/mol. The molecule has 0 aromatic heterocycles. The molecule has 0 fully saturated rings. The maximum absolute atomic E-state index is 13.4. The molecule has 0 saturated heterocycles. The molecule has 0 unspecified atom stereocenters. The number of hydrogen-bond acceptors (Lipinski definition) is 7. The lowest BCUT2D eigenvalue weighted by Gasteiger charge is -2.19. The van der Waals surface area contributed by atoms with Crippen LogP contribution in [0.15, 0.2) is 11.0 Å². The Kier molecular flexibility index (Phi) is 7.83. The molecule has 27 heavy (non-hydrogen) atoms. The van der Waals surface area contributed by atoms with E-state index in [9.17, 15) is 33.4 Å². The largest absolute Gasteiger partial charge is 0.417 e. The SMILES string of the molecule is CCC(CC)Nc1c([N+](=O)[O-])cc(C(F)(F)F)c(SCCC#N)c1[N+](=O)[O-]. The van der Waals surface area contributed by atoms with Crippen LogP contribution in [0.3, 0.4) is 0 Å². The van der Waals surface area contributed by atoms with Crippen molar-refractivity contribution in [3.05, 3.63) is 31.9 Å². The number of hydrogen-bond donors (Lipinski definition) is 1. The third-order valence-electron chi connectivity index (χ3n) is 3.71. The Balaban J connectivity index is 3.82. The zero-order valence-electron chi connectivity index (χ0n) is 14.5. The minimum atomic E-state index is -5.03. The molecule has 0 spiro atoms. The van der Waals surface area contributed by atoms with Gasteiger partial charge in [0.25, 0.3) is 5.69 Å². The summed E-state index contributed by atoms with van der Waals surface area (Å²) in [4.78, 5) is 20.1. The van der Waals surface area contributed by atoms with E-state index < -0.39 is 49.6 Å². The summed E-state index contributed by atoms with van der Waals surface area (Å²) in [7, 11) is 0. The summed E-state index contributed by atoms with van der Waals surface area (Å²) in [5, 5.41) is 34.2. The summed E-state index contributed by atoms with van der Waals surface area (Å²) < 4.78 is 40.3. The molecular weight excluding hydrogens is 389 g/mol. The molecule has 0 radical (unpaired) electrons. The first-order valence-corrected chi connectivity index (χ1v) is 8.90. The third kappa shape index (κ3) is 5.46. The van der Waals surface area contributed by atoms with Gasteiger partial charge in [-0.05, 0) is 12.8 Å². The van der Waals surface area contributed by atoms with Gasteiger partial charge in [0.15, 0.2) is 5.69 Å². The van der Waals surface area contributed by atoms with Crippen LogP contribution in [0, 0.1) is 31.6 Å². The second kappa shape index (κ2) is 9.40. The van der Waals surface area contributed by atoms with E-state index >= 15 is 0 Å². The van der Waals surface area contributed by atoms with Gasteiger partial charge in [-0.2, -0.15) is 18.4 Å². The van der Waals surface area contributed by atoms with Gasteiger partial charge in [-0.1, -0.05) is 13.8 Å². The normalized spacial score (nSPS) is 11.3. The molecule has 0 heterocycles. The number of rotatable bonds is 9. The van der Waals surface area contributed by atoms with Crippen LogP contribution < -0.4 is 5.32 Å². The number of halogens is 3. The maximum Gasteiger partial charge on any atom is 0.417 e. The summed E-state index contributed by atoms with van der Waals surface area (Å²) in [5.74, 6) is -0.122. The van der Waals surface area contributed by atoms with Crippen LogP contribution in [0.25, 0.3) is 0 Å². The van der Waals surface area contributed by atoms with E-state index in [1.54, 1.807) is 19.9 Å². The van der Waals surface area contributed by atoms with E-state index in [1.165, 1.54) is 0 Å². The number of nitrogens with zero attached hydrogens (tertiary/aromatic N) is 3. The summed E-state index contributed by atoms with van der Waals surface area (Å²) in [6, 6.07) is 1.66. The van der Waals surface area contributed by atoms with Gasteiger partial charge in [0.2, 0.25) is 0 Å². The first kappa shape index (κ1) is 22.5. The lowest BCUT2D eigenvalue weighted by atomic mass is 10.1. The first-order valence-electron chi connectivity index (χ1n) is 7.91. The van der Waals surface area contributed by atoms with Gasteiger partial charge in [-0.15, -0.1) is 11.8 Å². The second-order valence-electron chi connectivity index (χ2n) is 5.42. The molecule has 1 N–H and O–H groups in total. The molecule has 148 valence electrons. The van der Waals surface area contributed by atoms with Crippen molar-refractivity contribution in [2.75, 3.05) is 11.1 Å². The predicted octanol–water partition coefficient (Wildman–Crippen LogP) is 5.13. The molecule has 0 amide bonds. The minimum absolute atomic E-state index is 0.122. The van der Waals surface area contributed by atoms with Crippen molar-refractivity contribution in [3.63, 3.8) is 0 Å². The van der Waals surface area contributed by atoms with Gasteiger partial charge >= 0.3 is 11.9 Å². The summed E-state index contributed by atoms with van der Waals surface area (Å²) in [5.41, 5.74) is -4.01. The Morgan fingerprint density at radius 3 is 2.26 bits per heavy atom. The van der Waals surface area contributed by atoms with E-state index in [2.05, 4.69) is 5.32 Å². The molecule has 12 heteroatoms. The van der Waals surface area contributed by atoms with Crippen molar-refractivity contribution in [2.24, 2.45) is 0 Å². The number of nitrogens with one attached hydrogen (secondary N) is 1. The number of thioether (sulfide) groups is 1. The van der Waals surface area contributed by atoms with E-state index in [4.69, 9.17) is 5.26 Å². The van der Waals surface area contributed by atoms with Crippen LogP contribution in [0.5, 0.6) is 0 Å². The Morgan fingerprint density at radius 1 is 1.26 bits per heavy atom. The number of alkyl halides is 3. The van der Waals surface area contributed by atoms with E-state index in [1.807, 2.05) is 0 Å². The van der Waals surface area contributed by atoms with Crippen molar-refractivity contribution < 1.29 is 23.0 Å². The first-order chi connectivity index (χ1) is 12.6. The lowest BCUT2D eigenvalue weighted by molar-refractivity contribution is -0.394. The minimum Gasteiger partial charge on any atom is -0.371 e. The average molecular weight is 406 g/mol. The fraction of sp³-hybridized carbons (Fsp3) is 0.533. The van der Waals surface area contributed by atoms with Crippen LogP contribution >= 0.6 is 11.8 Å². The lowest BCUT2D eigenvalue weighted by Crippen LogP contribution is -2.20. The molecule has 0 bridgehead atoms. The highest BCUT2D eigenvalue weighted by atomic mass is 32.2. The number of nitro benzene ring substituents is 2.